The highest BCUT2D eigenvalue weighted by Crippen LogP contribution is 2.36. The van der Waals surface area contributed by atoms with Crippen LogP contribution >= 0.6 is 0 Å². The maximum Gasteiger partial charge on any atom is 0.262 e. The van der Waals surface area contributed by atoms with Gasteiger partial charge in [0.25, 0.3) is 11.8 Å². The van der Waals surface area contributed by atoms with Crippen LogP contribution in [0.5, 0.6) is 5.88 Å². The zero-order valence-corrected chi connectivity index (χ0v) is 19.5. The van der Waals surface area contributed by atoms with Crippen molar-refractivity contribution in [3.8, 4) is 5.88 Å². The number of fused-ring (bicyclic) bond motifs is 1. The van der Waals surface area contributed by atoms with Gasteiger partial charge in [-0.2, -0.15) is 0 Å². The number of nitrogens with zero attached hydrogens (tertiary/aromatic N) is 1. The normalized spacial score (nSPS) is 14.8. The van der Waals surface area contributed by atoms with Crippen LogP contribution in [0.3, 0.4) is 0 Å². The van der Waals surface area contributed by atoms with Crippen LogP contribution in [0.1, 0.15) is 75.6 Å². The molecule has 1 atom stereocenters. The minimum Gasteiger partial charge on any atom is -0.472 e. The lowest BCUT2D eigenvalue weighted by atomic mass is 9.97. The van der Waals surface area contributed by atoms with Crippen molar-refractivity contribution in [2.75, 3.05) is 0 Å². The van der Waals surface area contributed by atoms with E-state index < -0.39 is 11.6 Å². The highest BCUT2D eigenvalue weighted by molar-refractivity contribution is 5.98. The number of rotatable bonds is 7. The Morgan fingerprint density at radius 2 is 1.91 bits per heavy atom. The van der Waals surface area contributed by atoms with Gasteiger partial charge in [-0.3, -0.25) is 9.59 Å². The van der Waals surface area contributed by atoms with E-state index in [1.54, 1.807) is 24.3 Å². The van der Waals surface area contributed by atoms with Gasteiger partial charge in [-0.15, -0.1) is 0 Å². The second-order valence-electron chi connectivity index (χ2n) is 9.41. The van der Waals surface area contributed by atoms with Gasteiger partial charge in [-0.25, -0.2) is 0 Å². The Kier molecular flexibility index (Phi) is 7.38. The average Bonchev–Trinajstić information content (AvgIpc) is 2.98. The summed E-state index contributed by atoms with van der Waals surface area (Å²) in [6.07, 6.45) is 4.86. The SMILES string of the molecule is CC(C)Oc1noc2c1C(C[C@@H](NC(=O)c1ccccc1)C(=O)NC(C)(C)C)=CCCC2. The van der Waals surface area contributed by atoms with Crippen molar-refractivity contribution in [3.63, 3.8) is 0 Å². The number of hydrogen-bond donors (Lipinski definition) is 2. The van der Waals surface area contributed by atoms with Crippen LogP contribution in [0.4, 0.5) is 0 Å². The molecule has 0 unspecified atom stereocenters. The summed E-state index contributed by atoms with van der Waals surface area (Å²) >= 11 is 0. The van der Waals surface area contributed by atoms with Gasteiger partial charge in [-0.1, -0.05) is 24.3 Å². The maximum absolute atomic E-state index is 13.2. The zero-order chi connectivity index (χ0) is 23.3. The summed E-state index contributed by atoms with van der Waals surface area (Å²) in [4.78, 5) is 26.1. The lowest BCUT2D eigenvalue weighted by molar-refractivity contribution is -0.124. The third kappa shape index (κ3) is 6.22. The lowest BCUT2D eigenvalue weighted by Gasteiger charge is -2.26. The summed E-state index contributed by atoms with van der Waals surface area (Å²) in [7, 11) is 0. The molecule has 2 aromatic rings. The number of ether oxygens (including phenoxy) is 1. The van der Waals surface area contributed by atoms with Crippen LogP contribution in [0.15, 0.2) is 40.9 Å². The Morgan fingerprint density at radius 3 is 2.56 bits per heavy atom. The predicted octanol–water partition coefficient (Wildman–Crippen LogP) is 4.28. The first kappa shape index (κ1) is 23.6. The Hall–Kier alpha value is -3.09. The fraction of sp³-hybridized carbons (Fsp3) is 0.480. The summed E-state index contributed by atoms with van der Waals surface area (Å²) in [5, 5.41) is 10.0. The number of allylic oxidation sites excluding steroid dienone is 1. The molecule has 1 aliphatic carbocycles. The van der Waals surface area contributed by atoms with Crippen LogP contribution in [0.2, 0.25) is 0 Å². The summed E-state index contributed by atoms with van der Waals surface area (Å²) < 4.78 is 11.4. The molecule has 1 aliphatic rings. The van der Waals surface area contributed by atoms with Crippen molar-refractivity contribution in [2.24, 2.45) is 0 Å². The summed E-state index contributed by atoms with van der Waals surface area (Å²) in [6.45, 7) is 9.61. The van der Waals surface area contributed by atoms with Crippen LogP contribution < -0.4 is 15.4 Å². The number of carbonyl (C=O) groups is 2. The van der Waals surface area contributed by atoms with E-state index in [9.17, 15) is 9.59 Å². The molecule has 32 heavy (non-hydrogen) atoms. The predicted molar refractivity (Wildman–Crippen MR) is 123 cm³/mol. The van der Waals surface area contributed by atoms with Gasteiger partial charge in [-0.05, 0) is 70.3 Å². The van der Waals surface area contributed by atoms with E-state index in [4.69, 9.17) is 9.26 Å². The Bertz CT molecular complexity index is 971. The topological polar surface area (TPSA) is 93.5 Å². The Morgan fingerprint density at radius 1 is 1.19 bits per heavy atom. The average molecular weight is 440 g/mol. The minimum absolute atomic E-state index is 0.0635. The third-order valence-electron chi connectivity index (χ3n) is 4.98. The number of benzene rings is 1. The van der Waals surface area contributed by atoms with E-state index >= 15 is 0 Å². The molecule has 7 nitrogen and oxygen atoms in total. The molecule has 1 aromatic heterocycles. The van der Waals surface area contributed by atoms with E-state index in [0.29, 0.717) is 17.9 Å². The van der Waals surface area contributed by atoms with Crippen molar-refractivity contribution >= 4 is 17.4 Å². The maximum atomic E-state index is 13.2. The van der Waals surface area contributed by atoms with E-state index in [1.807, 2.05) is 40.7 Å². The smallest absolute Gasteiger partial charge is 0.262 e. The standard InChI is InChI=1S/C25H33N3O4/c1-16(2)31-24-21-18(13-9-10-14-20(21)32-28-24)15-19(23(30)27-25(3,4)5)26-22(29)17-11-7-6-8-12-17/h6-8,11-13,16,19H,9-10,14-15H2,1-5H3,(H,26,29)(H,27,30)/t19-/m1/s1. The number of aryl methyl sites for hydroxylation is 1. The van der Waals surface area contributed by atoms with Gasteiger partial charge in [0, 0.05) is 23.9 Å². The second-order valence-corrected chi connectivity index (χ2v) is 9.41. The van der Waals surface area contributed by atoms with Crippen molar-refractivity contribution in [2.45, 2.75) is 78.0 Å². The largest absolute Gasteiger partial charge is 0.472 e. The molecule has 0 spiro atoms. The molecule has 3 rings (SSSR count). The fourth-order valence-corrected chi connectivity index (χ4v) is 3.64. The number of aromatic nitrogens is 1. The van der Waals surface area contributed by atoms with E-state index in [0.717, 1.165) is 36.2 Å². The van der Waals surface area contributed by atoms with Gasteiger partial charge in [0.05, 0.1) is 11.7 Å². The van der Waals surface area contributed by atoms with Crippen molar-refractivity contribution in [1.82, 2.24) is 15.8 Å². The molecule has 0 aliphatic heterocycles. The molecule has 1 aromatic carbocycles. The van der Waals surface area contributed by atoms with E-state index in [2.05, 4.69) is 21.9 Å². The van der Waals surface area contributed by atoms with E-state index in [1.165, 1.54) is 0 Å². The Balaban J connectivity index is 1.90. The van der Waals surface area contributed by atoms with Gasteiger partial charge < -0.3 is 19.9 Å². The van der Waals surface area contributed by atoms with Crippen LogP contribution in [-0.4, -0.2) is 34.7 Å². The number of hydrogen-bond acceptors (Lipinski definition) is 5. The highest BCUT2D eigenvalue weighted by Gasteiger charge is 2.30. The van der Waals surface area contributed by atoms with Gasteiger partial charge >= 0.3 is 0 Å². The van der Waals surface area contributed by atoms with Gasteiger partial charge in [0.1, 0.15) is 11.8 Å². The fourth-order valence-electron chi connectivity index (χ4n) is 3.64. The van der Waals surface area contributed by atoms with Gasteiger partial charge in [0.2, 0.25) is 5.91 Å². The quantitative estimate of drug-likeness (QED) is 0.671. The summed E-state index contributed by atoms with van der Waals surface area (Å²) in [5.41, 5.74) is 1.78. The first-order valence-electron chi connectivity index (χ1n) is 11.2. The molecule has 0 bridgehead atoms. The lowest BCUT2D eigenvalue weighted by Crippen LogP contribution is -2.52. The van der Waals surface area contributed by atoms with Gasteiger partial charge in [0.15, 0.2) is 0 Å². The molecular formula is C25H33N3O4. The monoisotopic (exact) mass is 439 g/mol. The molecule has 7 heteroatoms. The number of amides is 2. The first-order chi connectivity index (χ1) is 15.1. The molecule has 0 saturated carbocycles. The highest BCUT2D eigenvalue weighted by atomic mass is 16.5. The molecule has 172 valence electrons. The number of carbonyl (C=O) groups excluding carboxylic acids is 2. The van der Waals surface area contributed by atoms with Crippen LogP contribution in [0.25, 0.3) is 5.57 Å². The minimum atomic E-state index is -0.763. The van der Waals surface area contributed by atoms with Crippen LogP contribution in [-0.2, 0) is 11.2 Å². The third-order valence-corrected chi connectivity index (χ3v) is 4.98. The van der Waals surface area contributed by atoms with Crippen LogP contribution in [0, 0.1) is 0 Å². The number of nitrogens with one attached hydrogen (secondary N) is 2. The summed E-state index contributed by atoms with van der Waals surface area (Å²) in [5.74, 6) is 0.663. The molecule has 2 N–H and O–H groups in total. The zero-order valence-electron chi connectivity index (χ0n) is 19.5. The molecule has 2 amide bonds. The molecule has 0 fully saturated rings. The molecule has 0 radical (unpaired) electrons. The van der Waals surface area contributed by atoms with E-state index in [-0.39, 0.29) is 17.9 Å². The van der Waals surface area contributed by atoms with Crippen molar-refractivity contribution in [1.29, 1.82) is 0 Å². The first-order valence-corrected chi connectivity index (χ1v) is 11.2. The summed E-state index contributed by atoms with van der Waals surface area (Å²) in [6, 6.07) is 8.14. The second kappa shape index (κ2) is 10.0. The molecule has 1 heterocycles. The molecule has 0 saturated heterocycles. The Labute approximate surface area is 189 Å². The van der Waals surface area contributed by atoms with Crippen molar-refractivity contribution in [3.05, 3.63) is 53.3 Å². The molecular weight excluding hydrogens is 406 g/mol. The van der Waals surface area contributed by atoms with Crippen molar-refractivity contribution < 1.29 is 18.8 Å².